The molecule has 2 aromatic heterocycles. The molecule has 1 amide bonds. The standard InChI is InChI=1S/C23H29FN6O3/c1-5-6-11-28-20(25)19(21(31)27-23(28)33)29(13-14(2)3)22(32)16-12-26-30(15(16)4)18-10-8-7-9-17(18)24/h7-10,12,14H,5-6,11,13,25H2,1-4H3,(H,27,31,33). The smallest absolute Gasteiger partial charge is 0.330 e. The lowest BCUT2D eigenvalue weighted by Crippen LogP contribution is -2.42. The summed E-state index contributed by atoms with van der Waals surface area (Å²) in [6, 6.07) is 6.10. The van der Waals surface area contributed by atoms with Crippen LogP contribution in [0.5, 0.6) is 0 Å². The van der Waals surface area contributed by atoms with Gasteiger partial charge < -0.3 is 10.6 Å². The van der Waals surface area contributed by atoms with Gasteiger partial charge in [0.1, 0.15) is 17.3 Å². The van der Waals surface area contributed by atoms with Gasteiger partial charge in [-0.25, -0.2) is 13.9 Å². The number of nitrogen functional groups attached to an aromatic ring is 1. The summed E-state index contributed by atoms with van der Waals surface area (Å²) in [6.07, 6.45) is 2.85. The molecule has 0 unspecified atom stereocenters. The first-order valence-corrected chi connectivity index (χ1v) is 10.9. The van der Waals surface area contributed by atoms with Gasteiger partial charge in [-0.3, -0.25) is 19.1 Å². The van der Waals surface area contributed by atoms with E-state index in [9.17, 15) is 18.8 Å². The van der Waals surface area contributed by atoms with E-state index in [2.05, 4.69) is 10.1 Å². The number of carbonyl (C=O) groups excluding carboxylic acids is 1. The van der Waals surface area contributed by atoms with Crippen LogP contribution in [0.4, 0.5) is 15.9 Å². The highest BCUT2D eigenvalue weighted by atomic mass is 19.1. The number of halogens is 1. The molecule has 176 valence electrons. The molecule has 0 spiro atoms. The molecule has 0 bridgehead atoms. The fraction of sp³-hybridized carbons (Fsp3) is 0.391. The monoisotopic (exact) mass is 456 g/mol. The van der Waals surface area contributed by atoms with E-state index in [0.29, 0.717) is 18.7 Å². The van der Waals surface area contributed by atoms with Gasteiger partial charge in [0.05, 0.1) is 17.5 Å². The van der Waals surface area contributed by atoms with Crippen LogP contribution < -0.4 is 21.9 Å². The number of carbonyl (C=O) groups is 1. The van der Waals surface area contributed by atoms with Gasteiger partial charge in [-0.2, -0.15) is 5.10 Å². The molecule has 10 heteroatoms. The van der Waals surface area contributed by atoms with Crippen LogP contribution in [-0.2, 0) is 6.54 Å². The number of aromatic amines is 1. The number of hydrogen-bond donors (Lipinski definition) is 2. The number of aromatic nitrogens is 4. The Bertz CT molecular complexity index is 1270. The maximum Gasteiger partial charge on any atom is 0.330 e. The molecule has 0 saturated heterocycles. The topological polar surface area (TPSA) is 119 Å². The molecule has 0 saturated carbocycles. The number of unbranched alkanes of at least 4 members (excludes halogenated alkanes) is 1. The largest absolute Gasteiger partial charge is 0.383 e. The second-order valence-corrected chi connectivity index (χ2v) is 8.31. The van der Waals surface area contributed by atoms with Gasteiger partial charge in [0.15, 0.2) is 5.69 Å². The Kier molecular flexibility index (Phi) is 7.15. The zero-order chi connectivity index (χ0) is 24.3. The molecule has 0 fully saturated rings. The van der Waals surface area contributed by atoms with E-state index < -0.39 is 23.0 Å². The first-order chi connectivity index (χ1) is 15.7. The summed E-state index contributed by atoms with van der Waals surface area (Å²) in [5.41, 5.74) is 5.63. The van der Waals surface area contributed by atoms with Gasteiger partial charge in [0.25, 0.3) is 11.5 Å². The number of nitrogens with zero attached hydrogens (tertiary/aromatic N) is 4. The van der Waals surface area contributed by atoms with Gasteiger partial charge >= 0.3 is 5.69 Å². The van der Waals surface area contributed by atoms with E-state index in [-0.39, 0.29) is 35.2 Å². The number of nitrogens with one attached hydrogen (secondary N) is 1. The van der Waals surface area contributed by atoms with E-state index in [4.69, 9.17) is 5.73 Å². The highest BCUT2D eigenvalue weighted by molar-refractivity contribution is 6.07. The Morgan fingerprint density at radius 3 is 2.61 bits per heavy atom. The fourth-order valence-corrected chi connectivity index (χ4v) is 3.65. The molecule has 0 radical (unpaired) electrons. The predicted octanol–water partition coefficient (Wildman–Crippen LogP) is 2.85. The van der Waals surface area contributed by atoms with Crippen molar-refractivity contribution in [1.82, 2.24) is 19.3 Å². The van der Waals surface area contributed by atoms with Crippen LogP contribution in [0.15, 0.2) is 40.1 Å². The summed E-state index contributed by atoms with van der Waals surface area (Å²) in [7, 11) is 0. The van der Waals surface area contributed by atoms with E-state index >= 15 is 0 Å². The third-order valence-electron chi connectivity index (χ3n) is 5.33. The molecule has 33 heavy (non-hydrogen) atoms. The normalized spacial score (nSPS) is 11.2. The number of H-pyrrole nitrogens is 1. The second kappa shape index (κ2) is 9.85. The fourth-order valence-electron chi connectivity index (χ4n) is 3.65. The van der Waals surface area contributed by atoms with Crippen molar-refractivity contribution in [2.24, 2.45) is 5.92 Å². The minimum atomic E-state index is -0.738. The van der Waals surface area contributed by atoms with Crippen LogP contribution in [0.1, 0.15) is 49.7 Å². The number of benzene rings is 1. The van der Waals surface area contributed by atoms with Crippen molar-refractivity contribution in [3.8, 4) is 5.69 Å². The average molecular weight is 457 g/mol. The first-order valence-electron chi connectivity index (χ1n) is 10.9. The number of nitrogens with two attached hydrogens (primary N) is 1. The summed E-state index contributed by atoms with van der Waals surface area (Å²) in [5.74, 6) is -1.07. The van der Waals surface area contributed by atoms with E-state index in [1.807, 2.05) is 20.8 Å². The van der Waals surface area contributed by atoms with Crippen LogP contribution in [0, 0.1) is 18.7 Å². The van der Waals surface area contributed by atoms with Crippen LogP contribution in [0.3, 0.4) is 0 Å². The number of para-hydroxylation sites is 1. The van der Waals surface area contributed by atoms with Crippen LogP contribution in [-0.4, -0.2) is 31.8 Å². The molecular weight excluding hydrogens is 427 g/mol. The molecule has 1 aromatic carbocycles. The molecule has 2 heterocycles. The highest BCUT2D eigenvalue weighted by Crippen LogP contribution is 2.24. The lowest BCUT2D eigenvalue weighted by molar-refractivity contribution is 0.0983. The summed E-state index contributed by atoms with van der Waals surface area (Å²) in [5, 5.41) is 4.20. The Morgan fingerprint density at radius 1 is 1.27 bits per heavy atom. The Balaban J connectivity index is 2.13. The maximum atomic E-state index is 14.3. The van der Waals surface area contributed by atoms with Gasteiger partial charge in [-0.15, -0.1) is 0 Å². The van der Waals surface area contributed by atoms with Crippen molar-refractivity contribution in [1.29, 1.82) is 0 Å². The third kappa shape index (κ3) is 4.74. The van der Waals surface area contributed by atoms with E-state index in [1.54, 1.807) is 25.1 Å². The summed E-state index contributed by atoms with van der Waals surface area (Å²) < 4.78 is 16.9. The van der Waals surface area contributed by atoms with Gasteiger partial charge in [0.2, 0.25) is 0 Å². The van der Waals surface area contributed by atoms with Crippen LogP contribution in [0.2, 0.25) is 0 Å². The highest BCUT2D eigenvalue weighted by Gasteiger charge is 2.28. The number of rotatable bonds is 8. The number of hydrogen-bond acceptors (Lipinski definition) is 5. The zero-order valence-corrected chi connectivity index (χ0v) is 19.3. The second-order valence-electron chi connectivity index (χ2n) is 8.31. The molecule has 0 atom stereocenters. The third-order valence-corrected chi connectivity index (χ3v) is 5.33. The van der Waals surface area contributed by atoms with Crippen molar-refractivity contribution in [3.05, 3.63) is 68.4 Å². The number of anilines is 2. The quantitative estimate of drug-likeness (QED) is 0.540. The summed E-state index contributed by atoms with van der Waals surface area (Å²) >= 11 is 0. The minimum absolute atomic E-state index is 0.00862. The lowest BCUT2D eigenvalue weighted by Gasteiger charge is -2.26. The van der Waals surface area contributed by atoms with Crippen molar-refractivity contribution >= 4 is 17.4 Å². The van der Waals surface area contributed by atoms with Crippen molar-refractivity contribution in [3.63, 3.8) is 0 Å². The molecule has 0 aliphatic rings. The van der Waals surface area contributed by atoms with Gasteiger partial charge in [0, 0.05) is 13.1 Å². The van der Waals surface area contributed by atoms with Crippen molar-refractivity contribution < 1.29 is 9.18 Å². The lowest BCUT2D eigenvalue weighted by atomic mass is 10.1. The van der Waals surface area contributed by atoms with E-state index in [0.717, 1.165) is 6.42 Å². The molecule has 3 N–H and O–H groups in total. The Hall–Kier alpha value is -3.69. The average Bonchev–Trinajstić information content (AvgIpc) is 3.13. The van der Waals surface area contributed by atoms with Crippen LogP contribution in [0.25, 0.3) is 5.69 Å². The van der Waals surface area contributed by atoms with Crippen molar-refractivity contribution in [2.45, 2.75) is 47.1 Å². The molecule has 0 aliphatic heterocycles. The Morgan fingerprint density at radius 2 is 1.97 bits per heavy atom. The molecule has 3 aromatic rings. The SMILES string of the molecule is CCCCn1c(N)c(N(CC(C)C)C(=O)c2cnn(-c3ccccc3F)c2C)c(=O)[nH]c1=O. The maximum absolute atomic E-state index is 14.3. The Labute approximate surface area is 190 Å². The van der Waals surface area contributed by atoms with Crippen molar-refractivity contribution in [2.75, 3.05) is 17.2 Å². The molecule has 3 rings (SSSR count). The van der Waals surface area contributed by atoms with E-state index in [1.165, 1.54) is 26.4 Å². The molecular formula is C23H29FN6O3. The molecule has 0 aliphatic carbocycles. The molecule has 9 nitrogen and oxygen atoms in total. The number of amides is 1. The van der Waals surface area contributed by atoms with Crippen LogP contribution >= 0.6 is 0 Å². The summed E-state index contributed by atoms with van der Waals surface area (Å²) in [6.45, 7) is 7.91. The first kappa shape index (κ1) is 24.0. The minimum Gasteiger partial charge on any atom is -0.383 e. The summed E-state index contributed by atoms with van der Waals surface area (Å²) in [4.78, 5) is 42.3. The van der Waals surface area contributed by atoms with Gasteiger partial charge in [-0.1, -0.05) is 39.3 Å². The predicted molar refractivity (Wildman–Crippen MR) is 125 cm³/mol. The zero-order valence-electron chi connectivity index (χ0n) is 19.3. The van der Waals surface area contributed by atoms with Gasteiger partial charge in [-0.05, 0) is 31.4 Å².